The minimum absolute atomic E-state index is 0. The fraction of sp³-hybridized carbons (Fsp3) is 0.682. The van der Waals surface area contributed by atoms with E-state index in [1.807, 2.05) is 0 Å². The number of halogens is 7. The number of alkyl halides is 7. The van der Waals surface area contributed by atoms with Gasteiger partial charge in [-0.2, -0.15) is 43.2 Å². The van der Waals surface area contributed by atoms with Crippen molar-refractivity contribution in [3.63, 3.8) is 0 Å². The third-order valence-corrected chi connectivity index (χ3v) is 8.19. The van der Waals surface area contributed by atoms with Gasteiger partial charge in [0.2, 0.25) is 0 Å². The number of hydrogen-bond acceptors (Lipinski definition) is 7. The summed E-state index contributed by atoms with van der Waals surface area (Å²) in [5.41, 5.74) is -0.186. The van der Waals surface area contributed by atoms with Gasteiger partial charge in [0.1, 0.15) is 5.75 Å². The quantitative estimate of drug-likeness (QED) is 0.0441. The molecule has 1 rings (SSSR count). The van der Waals surface area contributed by atoms with Gasteiger partial charge in [0, 0.05) is 5.33 Å². The maximum Gasteiger partial charge on any atom is 1.00 e. The van der Waals surface area contributed by atoms with Crippen LogP contribution >= 0.6 is 15.9 Å². The molecular formula is C22H30BrF6NaO8S2. The van der Waals surface area contributed by atoms with Crippen molar-refractivity contribution in [2.75, 3.05) is 11.9 Å². The Hall–Kier alpha value is -0.590. The van der Waals surface area contributed by atoms with Crippen molar-refractivity contribution >= 4 is 42.1 Å². The monoisotopic (exact) mass is 702 g/mol. The van der Waals surface area contributed by atoms with E-state index < -0.39 is 48.4 Å². The van der Waals surface area contributed by atoms with E-state index in [9.17, 15) is 48.0 Å². The van der Waals surface area contributed by atoms with Crippen LogP contribution in [0.3, 0.4) is 0 Å². The second-order valence-corrected chi connectivity index (χ2v) is 12.3. The number of rotatable bonds is 19. The molecule has 18 heteroatoms. The van der Waals surface area contributed by atoms with Crippen LogP contribution in [0.1, 0.15) is 76.0 Å². The zero-order chi connectivity index (χ0) is 30.0. The molecule has 1 N–H and O–H groups in total. The first-order chi connectivity index (χ1) is 17.9. The molecule has 228 valence electrons. The predicted molar refractivity (Wildman–Crippen MR) is 134 cm³/mol. The number of ether oxygens (including phenoxy) is 1. The van der Waals surface area contributed by atoms with Crippen LogP contribution in [0.15, 0.2) is 24.3 Å². The molecule has 8 nitrogen and oxygen atoms in total. The fourth-order valence-corrected chi connectivity index (χ4v) is 5.00. The van der Waals surface area contributed by atoms with Crippen molar-refractivity contribution in [1.82, 2.24) is 0 Å². The van der Waals surface area contributed by atoms with Gasteiger partial charge in [-0.25, -0.2) is 4.79 Å². The smallest absolute Gasteiger partial charge is 1.00 e. The van der Waals surface area contributed by atoms with Gasteiger partial charge in [-0.15, -0.1) is 0 Å². The first-order valence-electron chi connectivity index (χ1n) is 11.8. The Morgan fingerprint density at radius 2 is 1.20 bits per heavy atom. The van der Waals surface area contributed by atoms with Crippen LogP contribution in [-0.2, 0) is 25.0 Å². The van der Waals surface area contributed by atoms with Gasteiger partial charge in [0.25, 0.3) is 0 Å². The van der Waals surface area contributed by atoms with E-state index in [4.69, 9.17) is 9.29 Å². The molecule has 0 fully saturated rings. The molecule has 0 unspecified atom stereocenters. The van der Waals surface area contributed by atoms with Crippen LogP contribution in [0.4, 0.5) is 26.3 Å². The van der Waals surface area contributed by atoms with Crippen LogP contribution in [0.2, 0.25) is 0 Å². The summed E-state index contributed by atoms with van der Waals surface area (Å²) in [6, 6.07) is 2.86. The summed E-state index contributed by atoms with van der Waals surface area (Å²) in [5, 5.41) is -12.7. The first-order valence-corrected chi connectivity index (χ1v) is 15.8. The Morgan fingerprint density at radius 1 is 0.775 bits per heavy atom. The molecule has 0 radical (unpaired) electrons. The molecule has 0 bridgehead atoms. The molecule has 0 amide bonds. The van der Waals surface area contributed by atoms with E-state index >= 15 is 0 Å². The Kier molecular flexibility index (Phi) is 16.6. The molecule has 0 spiro atoms. The molecule has 0 heterocycles. The van der Waals surface area contributed by atoms with Gasteiger partial charge in [0.05, 0.1) is 12.2 Å². The molecule has 0 atom stereocenters. The van der Waals surface area contributed by atoms with Crippen molar-refractivity contribution in [2.24, 2.45) is 0 Å². The summed E-state index contributed by atoms with van der Waals surface area (Å²) in [6.07, 6.45) is 10.5. The van der Waals surface area contributed by atoms with Crippen molar-refractivity contribution in [3.05, 3.63) is 29.8 Å². The molecule has 0 aromatic heterocycles. The van der Waals surface area contributed by atoms with Crippen molar-refractivity contribution in [1.29, 1.82) is 0 Å². The van der Waals surface area contributed by atoms with Crippen LogP contribution in [0.5, 0.6) is 5.75 Å². The zero-order valence-electron chi connectivity index (χ0n) is 22.6. The molecule has 0 saturated heterocycles. The number of unbranched alkanes of at least 4 members (excludes halogenated alkanes) is 9. The van der Waals surface area contributed by atoms with Crippen LogP contribution < -0.4 is 33.7 Å². The first kappa shape index (κ1) is 39.4. The van der Waals surface area contributed by atoms with Crippen molar-refractivity contribution < 1.29 is 92.4 Å². The Balaban J connectivity index is 0. The summed E-state index contributed by atoms with van der Waals surface area (Å²) >= 11 is 3.39. The number of benzene rings is 1. The average Bonchev–Trinajstić information content (AvgIpc) is 2.83. The molecule has 1 aromatic rings. The van der Waals surface area contributed by atoms with Gasteiger partial charge < -0.3 is 10.3 Å². The second kappa shape index (κ2) is 16.9. The summed E-state index contributed by atoms with van der Waals surface area (Å²) in [5.74, 6) is -9.07. The number of esters is 1. The number of hydrogen-bond donors (Lipinski definition) is 1. The van der Waals surface area contributed by atoms with Gasteiger partial charge >= 0.3 is 72.2 Å². The Morgan fingerprint density at radius 3 is 1.62 bits per heavy atom. The zero-order valence-corrected chi connectivity index (χ0v) is 26.8. The molecule has 0 saturated carbocycles. The van der Waals surface area contributed by atoms with E-state index in [0.29, 0.717) is 18.6 Å². The molecule has 0 aliphatic heterocycles. The topological polar surface area (TPSA) is 124 Å². The maximum absolute atomic E-state index is 13.9. The van der Waals surface area contributed by atoms with Crippen molar-refractivity contribution in [3.8, 4) is 5.75 Å². The van der Waals surface area contributed by atoms with Crippen LogP contribution in [0, 0.1) is 0 Å². The van der Waals surface area contributed by atoms with E-state index in [-0.39, 0.29) is 43.2 Å². The molecule has 40 heavy (non-hydrogen) atoms. The standard InChI is InChI=1S/C22H29BrF6O8S2.Na.H/c23-15-9-7-5-3-1-2-4-6-8-10-16-36-19(30)17-11-13-18(14-12-17)37-39(34,35)22(28,29)20(24,25)21(26,27)38(31,32)33;;/h11-14H,1-10,15-16H2,(H,31,32,33);;/q;+1;-1. The molecule has 1 aromatic carbocycles. The van der Waals surface area contributed by atoms with Crippen LogP contribution in [0.25, 0.3) is 0 Å². The molecule has 0 aliphatic carbocycles. The van der Waals surface area contributed by atoms with E-state index in [1.165, 1.54) is 25.7 Å². The number of carbonyl (C=O) groups is 1. The normalized spacial score (nSPS) is 13.0. The van der Waals surface area contributed by atoms with Gasteiger partial charge in [-0.1, -0.05) is 67.3 Å². The average molecular weight is 703 g/mol. The summed E-state index contributed by atoms with van der Waals surface area (Å²) in [6.45, 7) is 0.0707. The third-order valence-electron chi connectivity index (χ3n) is 5.43. The predicted octanol–water partition coefficient (Wildman–Crippen LogP) is 3.67. The van der Waals surface area contributed by atoms with Crippen molar-refractivity contribution in [2.45, 2.75) is 80.6 Å². The maximum atomic E-state index is 13.9. The summed E-state index contributed by atoms with van der Waals surface area (Å²) in [4.78, 5) is 12.1. The minimum atomic E-state index is -7.15. The van der Waals surface area contributed by atoms with E-state index in [0.717, 1.165) is 49.6 Å². The minimum Gasteiger partial charge on any atom is -1.00 e. The van der Waals surface area contributed by atoms with Gasteiger partial charge in [-0.05, 0) is 37.1 Å². The van der Waals surface area contributed by atoms with Gasteiger partial charge in [0.15, 0.2) is 0 Å². The summed E-state index contributed by atoms with van der Waals surface area (Å²) in [7, 11) is -14.1. The third kappa shape index (κ3) is 10.6. The van der Waals surface area contributed by atoms with Crippen LogP contribution in [-0.4, -0.2) is 55.7 Å². The molecular weight excluding hydrogens is 673 g/mol. The van der Waals surface area contributed by atoms with Gasteiger partial charge in [-0.3, -0.25) is 4.55 Å². The Labute approximate surface area is 261 Å². The molecule has 0 aliphatic rings. The SMILES string of the molecule is O=C(OCCCCCCCCCCCCBr)c1ccc(OS(=O)(=O)C(F)(F)C(F)(F)C(F)(F)S(=O)(=O)O)cc1.[H-].[Na+]. The summed E-state index contributed by atoms with van der Waals surface area (Å²) < 4.78 is 143. The Bertz CT molecular complexity index is 1140. The number of carbonyl (C=O) groups excluding carboxylic acids is 1. The second-order valence-electron chi connectivity index (χ2n) is 8.51. The van der Waals surface area contributed by atoms with E-state index in [2.05, 4.69) is 20.1 Å². The van der Waals surface area contributed by atoms with E-state index in [1.54, 1.807) is 0 Å². The largest absolute Gasteiger partial charge is 1.00 e. The fourth-order valence-electron chi connectivity index (χ4n) is 3.17.